The van der Waals surface area contributed by atoms with Gasteiger partial charge in [0.15, 0.2) is 0 Å². The molecular weight excluding hydrogens is 376 g/mol. The summed E-state index contributed by atoms with van der Waals surface area (Å²) in [5.41, 5.74) is 6.49. The molecule has 0 saturated carbocycles. The average Bonchev–Trinajstić information content (AvgIpc) is 2.85. The Morgan fingerprint density at radius 1 is 1.35 bits per heavy atom. The fourth-order valence-electron chi connectivity index (χ4n) is 3.38. The van der Waals surface area contributed by atoms with Crippen LogP contribution in [-0.2, 0) is 14.8 Å². The molecule has 1 aromatic carbocycles. The minimum absolute atomic E-state index is 0. The van der Waals surface area contributed by atoms with E-state index >= 15 is 0 Å². The molecule has 1 fully saturated rings. The van der Waals surface area contributed by atoms with Crippen LogP contribution in [0.4, 0.5) is 0 Å². The number of piperidine rings is 1. The molecule has 3 N–H and O–H groups in total. The highest BCUT2D eigenvalue weighted by Crippen LogP contribution is 2.23. The monoisotopic (exact) mass is 400 g/mol. The fraction of sp³-hybridized carbons (Fsp3) is 0.529. The van der Waals surface area contributed by atoms with Crippen LogP contribution in [0.1, 0.15) is 32.3 Å². The first-order valence-corrected chi connectivity index (χ1v) is 10.0. The maximum atomic E-state index is 12.7. The van der Waals surface area contributed by atoms with Crippen LogP contribution in [0.5, 0.6) is 0 Å². The zero-order chi connectivity index (χ0) is 18.2. The second-order valence-corrected chi connectivity index (χ2v) is 8.45. The van der Waals surface area contributed by atoms with E-state index in [9.17, 15) is 13.2 Å². The molecule has 0 aliphatic carbocycles. The van der Waals surface area contributed by atoms with Crippen molar-refractivity contribution in [3.8, 4) is 0 Å². The van der Waals surface area contributed by atoms with Crippen LogP contribution in [0.15, 0.2) is 34.2 Å². The van der Waals surface area contributed by atoms with Gasteiger partial charge in [-0.15, -0.1) is 12.4 Å². The SMILES string of the molecule is CC(N=C1NS(=O)(=O)c2ccccc21)C(=O)N1CCCC(C(C)N)C1.Cl. The second kappa shape index (κ2) is 7.94. The molecule has 3 unspecified atom stereocenters. The molecule has 9 heteroatoms. The summed E-state index contributed by atoms with van der Waals surface area (Å²) >= 11 is 0. The molecule has 3 atom stereocenters. The standard InChI is InChI=1S/C17H24N4O3S.ClH/c1-11(18)13-6-5-9-21(10-13)17(22)12(2)19-16-14-7-3-4-8-15(14)25(23,24)20-16;/h3-4,7-8,11-13H,5-6,9-10,18H2,1-2H3,(H,19,20);1H. The molecule has 0 radical (unpaired) electrons. The number of hydrogen-bond donors (Lipinski definition) is 2. The number of aliphatic imine (C=N–C) groups is 1. The van der Waals surface area contributed by atoms with Crippen LogP contribution in [0.3, 0.4) is 0 Å². The Morgan fingerprint density at radius 3 is 2.73 bits per heavy atom. The van der Waals surface area contributed by atoms with Gasteiger partial charge in [-0.05, 0) is 44.7 Å². The van der Waals surface area contributed by atoms with Gasteiger partial charge >= 0.3 is 0 Å². The third-order valence-corrected chi connectivity index (χ3v) is 6.25. The van der Waals surface area contributed by atoms with E-state index in [2.05, 4.69) is 9.71 Å². The highest BCUT2D eigenvalue weighted by Gasteiger charge is 2.33. The Hall–Kier alpha value is -1.64. The third kappa shape index (κ3) is 4.02. The fourth-order valence-corrected chi connectivity index (χ4v) is 4.62. The van der Waals surface area contributed by atoms with Crippen LogP contribution in [0, 0.1) is 5.92 Å². The summed E-state index contributed by atoms with van der Waals surface area (Å²) in [6.07, 6.45) is 1.95. The number of rotatable bonds is 3. The molecule has 7 nitrogen and oxygen atoms in total. The Morgan fingerprint density at radius 2 is 2.04 bits per heavy atom. The van der Waals surface area contributed by atoms with Crippen molar-refractivity contribution in [3.05, 3.63) is 29.8 Å². The molecule has 2 aliphatic rings. The average molecular weight is 401 g/mol. The minimum Gasteiger partial charge on any atom is -0.341 e. The maximum Gasteiger partial charge on any atom is 0.263 e. The quantitative estimate of drug-likeness (QED) is 0.793. The van der Waals surface area contributed by atoms with Crippen molar-refractivity contribution in [1.82, 2.24) is 9.62 Å². The van der Waals surface area contributed by atoms with Crippen molar-refractivity contribution < 1.29 is 13.2 Å². The number of fused-ring (bicyclic) bond motifs is 1. The van der Waals surface area contributed by atoms with Gasteiger partial charge in [-0.2, -0.15) is 0 Å². The van der Waals surface area contributed by atoms with E-state index in [1.54, 1.807) is 30.0 Å². The normalized spacial score (nSPS) is 25.0. The number of amidine groups is 1. The van der Waals surface area contributed by atoms with E-state index in [4.69, 9.17) is 5.73 Å². The van der Waals surface area contributed by atoms with E-state index < -0.39 is 16.1 Å². The lowest BCUT2D eigenvalue weighted by molar-refractivity contribution is -0.134. The number of hydrogen-bond acceptors (Lipinski definition) is 5. The minimum atomic E-state index is -3.59. The molecule has 0 spiro atoms. The Labute approximate surface area is 160 Å². The van der Waals surface area contributed by atoms with Crippen molar-refractivity contribution in [2.24, 2.45) is 16.6 Å². The molecule has 26 heavy (non-hydrogen) atoms. The lowest BCUT2D eigenvalue weighted by Gasteiger charge is -2.35. The van der Waals surface area contributed by atoms with Crippen LogP contribution < -0.4 is 10.5 Å². The van der Waals surface area contributed by atoms with Gasteiger partial charge in [-0.25, -0.2) is 8.42 Å². The number of nitrogens with two attached hydrogens (primary N) is 1. The molecule has 1 amide bonds. The van der Waals surface area contributed by atoms with Crippen LogP contribution >= 0.6 is 12.4 Å². The van der Waals surface area contributed by atoms with Gasteiger partial charge in [0, 0.05) is 24.7 Å². The van der Waals surface area contributed by atoms with Gasteiger partial charge in [0.25, 0.3) is 10.0 Å². The topological polar surface area (TPSA) is 105 Å². The lowest BCUT2D eigenvalue weighted by Crippen LogP contribution is -2.47. The number of likely N-dealkylation sites (tertiary alicyclic amines) is 1. The van der Waals surface area contributed by atoms with E-state index in [1.807, 2.05) is 6.92 Å². The summed E-state index contributed by atoms with van der Waals surface area (Å²) in [4.78, 5) is 19.1. The van der Waals surface area contributed by atoms with Gasteiger partial charge in [0.2, 0.25) is 5.91 Å². The molecule has 0 bridgehead atoms. The zero-order valence-electron chi connectivity index (χ0n) is 14.9. The number of amides is 1. The van der Waals surface area contributed by atoms with Gasteiger partial charge < -0.3 is 10.6 Å². The van der Waals surface area contributed by atoms with Crippen molar-refractivity contribution in [2.75, 3.05) is 13.1 Å². The summed E-state index contributed by atoms with van der Waals surface area (Å²) in [5, 5.41) is 0. The summed E-state index contributed by atoms with van der Waals surface area (Å²) in [5.74, 6) is 0.432. The van der Waals surface area contributed by atoms with Gasteiger partial charge in [-0.1, -0.05) is 12.1 Å². The molecule has 0 aromatic heterocycles. The lowest BCUT2D eigenvalue weighted by atomic mass is 9.92. The number of carbonyl (C=O) groups excluding carboxylic acids is 1. The zero-order valence-corrected chi connectivity index (χ0v) is 16.5. The van der Waals surface area contributed by atoms with Crippen molar-refractivity contribution >= 4 is 34.2 Å². The number of nitrogens with one attached hydrogen (secondary N) is 1. The van der Waals surface area contributed by atoms with Crippen LogP contribution in [-0.4, -0.2) is 50.2 Å². The van der Waals surface area contributed by atoms with E-state index in [1.165, 1.54) is 6.07 Å². The number of benzene rings is 1. The number of halogens is 1. The van der Waals surface area contributed by atoms with E-state index in [0.717, 1.165) is 12.8 Å². The first-order valence-electron chi connectivity index (χ1n) is 8.54. The molecule has 2 aliphatic heterocycles. The summed E-state index contributed by atoms with van der Waals surface area (Å²) in [6, 6.07) is 6.03. The summed E-state index contributed by atoms with van der Waals surface area (Å²) in [7, 11) is -3.59. The highest BCUT2D eigenvalue weighted by molar-refractivity contribution is 7.90. The molecule has 3 rings (SSSR count). The van der Waals surface area contributed by atoms with E-state index in [-0.39, 0.29) is 35.1 Å². The highest BCUT2D eigenvalue weighted by atomic mass is 35.5. The first-order chi connectivity index (χ1) is 11.8. The van der Waals surface area contributed by atoms with Crippen molar-refractivity contribution in [2.45, 2.75) is 43.7 Å². The summed E-state index contributed by atoms with van der Waals surface area (Å²) < 4.78 is 26.7. The number of sulfonamides is 1. The molecule has 144 valence electrons. The van der Waals surface area contributed by atoms with Crippen LogP contribution in [0.2, 0.25) is 0 Å². The predicted molar refractivity (Wildman–Crippen MR) is 103 cm³/mol. The first kappa shape index (κ1) is 20.7. The van der Waals surface area contributed by atoms with Gasteiger partial charge in [0.05, 0.1) is 4.90 Å². The summed E-state index contributed by atoms with van der Waals surface area (Å²) in [6.45, 7) is 4.99. The van der Waals surface area contributed by atoms with Gasteiger partial charge in [0.1, 0.15) is 11.9 Å². The Kier molecular flexibility index (Phi) is 6.31. The molecular formula is C17H25ClN4O3S. The molecule has 2 heterocycles. The Balaban J connectivity index is 0.00000243. The number of carbonyl (C=O) groups is 1. The maximum absolute atomic E-state index is 12.7. The van der Waals surface area contributed by atoms with Crippen molar-refractivity contribution in [1.29, 1.82) is 0 Å². The molecule has 1 saturated heterocycles. The largest absolute Gasteiger partial charge is 0.341 e. The van der Waals surface area contributed by atoms with E-state index in [0.29, 0.717) is 24.6 Å². The van der Waals surface area contributed by atoms with Gasteiger partial charge in [-0.3, -0.25) is 14.5 Å². The number of nitrogens with zero attached hydrogens (tertiary/aromatic N) is 2. The Bertz CT molecular complexity index is 810. The predicted octanol–water partition coefficient (Wildman–Crippen LogP) is 1.12. The third-order valence-electron chi connectivity index (χ3n) is 4.86. The second-order valence-electron chi connectivity index (χ2n) is 6.80. The smallest absolute Gasteiger partial charge is 0.263 e. The van der Waals surface area contributed by atoms with Crippen LogP contribution in [0.25, 0.3) is 0 Å². The van der Waals surface area contributed by atoms with Crippen molar-refractivity contribution in [3.63, 3.8) is 0 Å². The molecule has 1 aromatic rings.